The summed E-state index contributed by atoms with van der Waals surface area (Å²) in [5.74, 6) is -1.58. The van der Waals surface area contributed by atoms with Crippen LogP contribution in [0.15, 0.2) is 79.1 Å². The minimum atomic E-state index is -1.32. The molecular weight excluding hydrogens is 625 g/mol. The van der Waals surface area contributed by atoms with Crippen molar-refractivity contribution in [3.63, 3.8) is 0 Å². The van der Waals surface area contributed by atoms with Crippen LogP contribution in [0.3, 0.4) is 0 Å². The molecule has 3 aromatic carbocycles. The lowest BCUT2D eigenvalue weighted by atomic mass is 9.89. The number of ether oxygens (including phenoxy) is 1. The van der Waals surface area contributed by atoms with Gasteiger partial charge in [0, 0.05) is 43.0 Å². The Balaban J connectivity index is 1.27. The van der Waals surface area contributed by atoms with Gasteiger partial charge < -0.3 is 23.4 Å². The van der Waals surface area contributed by atoms with Crippen molar-refractivity contribution >= 4 is 40.4 Å². The predicted octanol–water partition coefficient (Wildman–Crippen LogP) is 3.78. The topological polar surface area (TPSA) is 148 Å². The van der Waals surface area contributed by atoms with E-state index >= 15 is 0 Å². The fraction of sp³-hybridized carbons (Fsp3) is 0.314. The summed E-state index contributed by atoms with van der Waals surface area (Å²) in [6.45, 7) is 1.57. The van der Waals surface area contributed by atoms with Crippen molar-refractivity contribution in [3.05, 3.63) is 104 Å². The van der Waals surface area contributed by atoms with Crippen molar-refractivity contribution in [2.45, 2.75) is 32.2 Å². The van der Waals surface area contributed by atoms with Crippen LogP contribution in [-0.2, 0) is 16.1 Å². The van der Waals surface area contributed by atoms with E-state index in [4.69, 9.17) is 13.6 Å². The van der Waals surface area contributed by atoms with Gasteiger partial charge in [-0.2, -0.15) is 0 Å². The van der Waals surface area contributed by atoms with E-state index in [0.29, 0.717) is 49.5 Å². The minimum Gasteiger partial charge on any atom is -0.495 e. The second-order valence-corrected chi connectivity index (χ2v) is 11.7. The molecule has 1 aromatic heterocycles. The molecule has 13 heteroatoms. The molecule has 0 unspecified atom stereocenters. The molecule has 6 rings (SSSR count). The number of hydrogen-bond acceptors (Lipinski definition) is 10. The van der Waals surface area contributed by atoms with Gasteiger partial charge in [0.2, 0.25) is 11.8 Å². The van der Waals surface area contributed by atoms with Gasteiger partial charge in [-0.1, -0.05) is 18.2 Å². The summed E-state index contributed by atoms with van der Waals surface area (Å²) >= 11 is 0. The molecule has 2 fully saturated rings. The molecule has 48 heavy (non-hydrogen) atoms. The Morgan fingerprint density at radius 1 is 0.875 bits per heavy atom. The zero-order valence-electron chi connectivity index (χ0n) is 26.1. The molecular formula is C35H32FN3O9. The summed E-state index contributed by atoms with van der Waals surface area (Å²) in [6, 6.07) is 15.3. The maximum atomic E-state index is 14.4. The average Bonchev–Trinajstić information content (AvgIpc) is 3.41. The Morgan fingerprint density at radius 3 is 2.19 bits per heavy atom. The highest BCUT2D eigenvalue weighted by Gasteiger charge is 2.32. The first-order valence-corrected chi connectivity index (χ1v) is 15.5. The van der Waals surface area contributed by atoms with Crippen LogP contribution in [0.4, 0.5) is 10.1 Å². The third-order valence-corrected chi connectivity index (χ3v) is 8.81. The van der Waals surface area contributed by atoms with Gasteiger partial charge in [-0.25, -0.2) is 14.0 Å². The Kier molecular flexibility index (Phi) is 9.30. The summed E-state index contributed by atoms with van der Waals surface area (Å²) in [5, 5.41) is 0. The quantitative estimate of drug-likeness (QED) is 0.140. The van der Waals surface area contributed by atoms with Crippen molar-refractivity contribution in [3.8, 4) is 5.75 Å². The highest BCUT2D eigenvalue weighted by molar-refractivity contribution is 6.13. The normalized spacial score (nSPS) is 15.7. The van der Waals surface area contributed by atoms with Crippen molar-refractivity contribution in [2.24, 2.45) is 5.92 Å². The molecule has 12 nitrogen and oxygen atoms in total. The van der Waals surface area contributed by atoms with E-state index in [9.17, 15) is 33.2 Å². The van der Waals surface area contributed by atoms with E-state index in [1.54, 1.807) is 24.3 Å². The number of methoxy groups -OCH3 is 1. The molecule has 0 bridgehead atoms. The van der Waals surface area contributed by atoms with E-state index in [1.807, 2.05) is 0 Å². The number of ketones is 1. The Labute approximate surface area is 273 Å². The van der Waals surface area contributed by atoms with Gasteiger partial charge >= 0.3 is 11.3 Å². The first kappa shape index (κ1) is 32.5. The third-order valence-electron chi connectivity index (χ3n) is 8.81. The number of benzene rings is 3. The molecule has 3 heterocycles. The second-order valence-electron chi connectivity index (χ2n) is 11.7. The average molecular weight is 658 g/mol. The van der Waals surface area contributed by atoms with E-state index in [0.717, 1.165) is 4.90 Å². The Morgan fingerprint density at radius 2 is 1.52 bits per heavy atom. The van der Waals surface area contributed by atoms with Gasteiger partial charge in [0.05, 0.1) is 24.9 Å². The Bertz CT molecular complexity index is 2000. The van der Waals surface area contributed by atoms with Crippen LogP contribution in [0.1, 0.15) is 52.0 Å². The van der Waals surface area contributed by atoms with Gasteiger partial charge in [-0.15, -0.1) is 0 Å². The van der Waals surface area contributed by atoms with Gasteiger partial charge in [-0.05, 0) is 68.4 Å². The van der Waals surface area contributed by atoms with Crippen molar-refractivity contribution in [1.82, 2.24) is 9.80 Å². The number of halogens is 1. The lowest BCUT2D eigenvalue weighted by Crippen LogP contribution is -2.43. The molecule has 2 aliphatic heterocycles. The zero-order valence-corrected chi connectivity index (χ0v) is 26.1. The number of anilines is 1. The molecule has 0 atom stereocenters. The highest BCUT2D eigenvalue weighted by Crippen LogP contribution is 2.32. The first-order chi connectivity index (χ1) is 23.1. The summed E-state index contributed by atoms with van der Waals surface area (Å²) in [4.78, 5) is 81.1. The molecule has 2 aliphatic rings. The smallest absolute Gasteiger partial charge is 0.423 e. The summed E-state index contributed by atoms with van der Waals surface area (Å²) in [7, 11) is 1.48. The Hall–Kier alpha value is -5.43. The van der Waals surface area contributed by atoms with E-state index in [-0.39, 0.29) is 71.7 Å². The number of carbonyl (C=O) groups is 4. The number of fused-ring (bicyclic) bond motifs is 1. The lowest BCUT2D eigenvalue weighted by molar-refractivity contribution is -0.139. The summed E-state index contributed by atoms with van der Waals surface area (Å²) < 4.78 is 29.5. The number of imide groups is 1. The molecule has 0 aliphatic carbocycles. The van der Waals surface area contributed by atoms with E-state index < -0.39 is 23.0 Å². The number of hydrogen-bond donors (Lipinski definition) is 0. The van der Waals surface area contributed by atoms with Gasteiger partial charge in [0.15, 0.2) is 16.9 Å². The van der Waals surface area contributed by atoms with Crippen LogP contribution in [0.5, 0.6) is 5.75 Å². The fourth-order valence-corrected chi connectivity index (χ4v) is 6.19. The predicted molar refractivity (Wildman–Crippen MR) is 170 cm³/mol. The number of rotatable bonds is 10. The SMILES string of the molecule is COc1ccccc1N(CCN1CCC(C(=O)c2ccc(F)cc2)CC1)C(=O)c1ccc(CN2C(=O)CCC2=O)c2oc(=O)c(=O)oc12. The van der Waals surface area contributed by atoms with Gasteiger partial charge in [0.1, 0.15) is 11.6 Å². The summed E-state index contributed by atoms with van der Waals surface area (Å²) in [6.07, 6.45) is 1.30. The highest BCUT2D eigenvalue weighted by atomic mass is 19.1. The van der Waals surface area contributed by atoms with Crippen LogP contribution < -0.4 is 20.9 Å². The maximum Gasteiger partial charge on any atom is 0.423 e. The van der Waals surface area contributed by atoms with Crippen molar-refractivity contribution < 1.29 is 37.1 Å². The van der Waals surface area contributed by atoms with Crippen LogP contribution in [0.25, 0.3) is 11.2 Å². The zero-order chi connectivity index (χ0) is 33.9. The minimum absolute atomic E-state index is 0.0255. The molecule has 2 saturated heterocycles. The molecule has 248 valence electrons. The van der Waals surface area contributed by atoms with E-state index in [2.05, 4.69) is 4.90 Å². The standard InChI is InChI=1S/C35H32FN3O9/c1-46-27-5-3-2-4-26(27)38(19-18-37-16-14-22(15-17-37)30(42)21-6-9-24(36)10-7-21)33(43)25-11-8-23(20-39-28(40)12-13-29(39)41)31-32(25)48-35(45)34(44)47-31/h2-11,22H,12-20H2,1H3. The second kappa shape index (κ2) is 13.7. The van der Waals surface area contributed by atoms with Gasteiger partial charge in [-0.3, -0.25) is 24.1 Å². The molecule has 0 radical (unpaired) electrons. The number of likely N-dealkylation sites (tertiary alicyclic amines) is 2. The molecule has 0 saturated carbocycles. The molecule has 0 spiro atoms. The van der Waals surface area contributed by atoms with E-state index in [1.165, 1.54) is 48.4 Å². The maximum absolute atomic E-state index is 14.4. The molecule has 4 aromatic rings. The number of nitrogens with zero attached hydrogens (tertiary/aromatic N) is 3. The largest absolute Gasteiger partial charge is 0.495 e. The number of Topliss-reactive ketones (excluding diaryl/α,β-unsaturated/α-hetero) is 1. The number of carbonyl (C=O) groups excluding carboxylic acids is 4. The van der Waals surface area contributed by atoms with Crippen LogP contribution in [0.2, 0.25) is 0 Å². The monoisotopic (exact) mass is 657 g/mol. The van der Waals surface area contributed by atoms with Crippen molar-refractivity contribution in [2.75, 3.05) is 38.2 Å². The van der Waals surface area contributed by atoms with Crippen LogP contribution in [0, 0.1) is 11.7 Å². The number of piperidine rings is 1. The molecule has 0 N–H and O–H groups in total. The molecule has 3 amide bonds. The van der Waals surface area contributed by atoms with Gasteiger partial charge in [0.25, 0.3) is 5.91 Å². The number of para-hydroxylation sites is 2. The summed E-state index contributed by atoms with van der Waals surface area (Å²) in [5.41, 5.74) is -2.07. The third kappa shape index (κ3) is 6.54. The van der Waals surface area contributed by atoms with Crippen molar-refractivity contribution in [1.29, 1.82) is 0 Å². The first-order valence-electron chi connectivity index (χ1n) is 15.5. The fourth-order valence-electron chi connectivity index (χ4n) is 6.19. The lowest BCUT2D eigenvalue weighted by Gasteiger charge is -2.33. The van der Waals surface area contributed by atoms with Crippen LogP contribution in [-0.4, -0.2) is 66.6 Å². The number of amides is 3. The van der Waals surface area contributed by atoms with Crippen LogP contribution >= 0.6 is 0 Å².